The van der Waals surface area contributed by atoms with Crippen LogP contribution in [0.1, 0.15) is 18.4 Å². The van der Waals surface area contributed by atoms with Crippen molar-refractivity contribution >= 4 is 11.3 Å². The first-order valence-corrected chi connectivity index (χ1v) is 6.23. The Hall–Kier alpha value is -0.420. The van der Waals surface area contributed by atoms with Crippen molar-refractivity contribution in [3.8, 4) is 0 Å². The molecular formula is C11H20N2OS. The summed E-state index contributed by atoms with van der Waals surface area (Å²) in [7, 11) is 1.72. The molecule has 3 N–H and O–H groups in total. The Morgan fingerprint density at radius 2 is 2.47 bits per heavy atom. The van der Waals surface area contributed by atoms with E-state index in [4.69, 9.17) is 10.5 Å². The van der Waals surface area contributed by atoms with Gasteiger partial charge in [-0.2, -0.15) is 11.3 Å². The minimum Gasteiger partial charge on any atom is -0.385 e. The van der Waals surface area contributed by atoms with Crippen LogP contribution in [0.25, 0.3) is 0 Å². The van der Waals surface area contributed by atoms with Crippen LogP contribution in [-0.4, -0.2) is 26.3 Å². The van der Waals surface area contributed by atoms with Crippen molar-refractivity contribution in [2.45, 2.75) is 25.4 Å². The van der Waals surface area contributed by atoms with Crippen LogP contribution < -0.4 is 11.1 Å². The van der Waals surface area contributed by atoms with Crippen LogP contribution in [-0.2, 0) is 11.3 Å². The average molecular weight is 228 g/mol. The molecule has 0 aromatic carbocycles. The van der Waals surface area contributed by atoms with Crippen LogP contribution in [0.3, 0.4) is 0 Å². The Kier molecular flexibility index (Phi) is 6.59. The number of rotatable bonds is 8. The molecule has 0 aliphatic carbocycles. The van der Waals surface area contributed by atoms with Crippen molar-refractivity contribution in [1.82, 2.24) is 5.32 Å². The molecule has 0 saturated carbocycles. The fourth-order valence-corrected chi connectivity index (χ4v) is 2.06. The molecule has 1 rings (SSSR count). The van der Waals surface area contributed by atoms with Gasteiger partial charge in [-0.05, 0) is 35.2 Å². The van der Waals surface area contributed by atoms with Gasteiger partial charge in [-0.25, -0.2) is 0 Å². The van der Waals surface area contributed by atoms with E-state index in [0.29, 0.717) is 0 Å². The lowest BCUT2D eigenvalue weighted by Crippen LogP contribution is -2.33. The van der Waals surface area contributed by atoms with E-state index in [0.717, 1.165) is 32.5 Å². The van der Waals surface area contributed by atoms with E-state index in [9.17, 15) is 0 Å². The summed E-state index contributed by atoms with van der Waals surface area (Å²) in [5, 5.41) is 7.60. The third-order valence-corrected chi connectivity index (χ3v) is 2.97. The van der Waals surface area contributed by atoms with E-state index in [-0.39, 0.29) is 6.04 Å². The molecule has 0 bridgehead atoms. The maximum atomic E-state index is 5.94. The van der Waals surface area contributed by atoms with Crippen molar-refractivity contribution in [3.05, 3.63) is 22.4 Å². The minimum absolute atomic E-state index is 0.235. The van der Waals surface area contributed by atoms with E-state index in [1.807, 2.05) is 0 Å². The van der Waals surface area contributed by atoms with Gasteiger partial charge in [0.1, 0.15) is 0 Å². The van der Waals surface area contributed by atoms with Gasteiger partial charge in [0.2, 0.25) is 0 Å². The smallest absolute Gasteiger partial charge is 0.0462 e. The molecular weight excluding hydrogens is 208 g/mol. The third-order valence-electron chi connectivity index (χ3n) is 2.24. The second-order valence-electron chi connectivity index (χ2n) is 3.66. The zero-order valence-corrected chi connectivity index (χ0v) is 10.1. The molecule has 15 heavy (non-hydrogen) atoms. The van der Waals surface area contributed by atoms with Gasteiger partial charge >= 0.3 is 0 Å². The van der Waals surface area contributed by atoms with E-state index in [1.165, 1.54) is 5.56 Å². The molecule has 86 valence electrons. The highest BCUT2D eigenvalue weighted by Gasteiger charge is 2.01. The molecule has 1 unspecified atom stereocenters. The zero-order chi connectivity index (χ0) is 10.9. The largest absolute Gasteiger partial charge is 0.385 e. The highest BCUT2D eigenvalue weighted by molar-refractivity contribution is 7.07. The van der Waals surface area contributed by atoms with Crippen LogP contribution in [0.4, 0.5) is 0 Å². The van der Waals surface area contributed by atoms with Crippen molar-refractivity contribution < 1.29 is 4.74 Å². The van der Waals surface area contributed by atoms with Gasteiger partial charge in [0.05, 0.1) is 0 Å². The Bertz CT molecular complexity index is 239. The quantitative estimate of drug-likeness (QED) is 0.664. The van der Waals surface area contributed by atoms with Gasteiger partial charge in [0.15, 0.2) is 0 Å². The first-order valence-electron chi connectivity index (χ1n) is 5.29. The molecule has 0 radical (unpaired) electrons. The minimum atomic E-state index is 0.235. The summed E-state index contributed by atoms with van der Waals surface area (Å²) < 4.78 is 4.98. The molecule has 1 atom stereocenters. The lowest BCUT2D eigenvalue weighted by Gasteiger charge is -2.11. The van der Waals surface area contributed by atoms with E-state index in [1.54, 1.807) is 18.4 Å². The molecule has 4 heteroatoms. The number of nitrogens with two attached hydrogens (primary N) is 1. The second-order valence-corrected chi connectivity index (χ2v) is 4.44. The number of hydrogen-bond donors (Lipinski definition) is 2. The van der Waals surface area contributed by atoms with Gasteiger partial charge in [-0.15, -0.1) is 0 Å². The lowest BCUT2D eigenvalue weighted by atomic mass is 10.2. The molecule has 0 fully saturated rings. The number of thiophene rings is 1. The van der Waals surface area contributed by atoms with E-state index >= 15 is 0 Å². The molecule has 1 aromatic rings. The van der Waals surface area contributed by atoms with Crippen LogP contribution in [0.5, 0.6) is 0 Å². The summed E-state index contributed by atoms with van der Waals surface area (Å²) in [4.78, 5) is 0. The molecule has 0 amide bonds. The lowest BCUT2D eigenvalue weighted by molar-refractivity contribution is 0.190. The van der Waals surface area contributed by atoms with Gasteiger partial charge in [0, 0.05) is 32.8 Å². The van der Waals surface area contributed by atoms with Gasteiger partial charge < -0.3 is 15.8 Å². The van der Waals surface area contributed by atoms with Crippen LogP contribution in [0.15, 0.2) is 16.8 Å². The predicted molar refractivity (Wildman–Crippen MR) is 65.1 cm³/mol. The fraction of sp³-hybridized carbons (Fsp3) is 0.636. The number of nitrogens with one attached hydrogen (secondary N) is 1. The van der Waals surface area contributed by atoms with Gasteiger partial charge in [0.25, 0.3) is 0 Å². The molecule has 1 heterocycles. The summed E-state index contributed by atoms with van der Waals surface area (Å²) in [5.41, 5.74) is 7.28. The first-order chi connectivity index (χ1) is 7.33. The third kappa shape index (κ3) is 5.89. The maximum Gasteiger partial charge on any atom is 0.0462 e. The molecule has 0 spiro atoms. The molecule has 0 aliphatic heterocycles. The highest BCUT2D eigenvalue weighted by Crippen LogP contribution is 2.04. The van der Waals surface area contributed by atoms with E-state index in [2.05, 4.69) is 22.1 Å². The van der Waals surface area contributed by atoms with Crippen LogP contribution in [0, 0.1) is 0 Å². The molecule has 0 aliphatic rings. The van der Waals surface area contributed by atoms with E-state index < -0.39 is 0 Å². The predicted octanol–water partition coefficient (Wildman–Crippen LogP) is 1.59. The van der Waals surface area contributed by atoms with Crippen LogP contribution in [0.2, 0.25) is 0 Å². The summed E-state index contributed by atoms with van der Waals surface area (Å²) in [6.07, 6.45) is 2.06. The van der Waals surface area contributed by atoms with Crippen LogP contribution >= 0.6 is 11.3 Å². The van der Waals surface area contributed by atoms with Gasteiger partial charge in [-0.1, -0.05) is 0 Å². The normalized spacial score (nSPS) is 12.9. The summed E-state index contributed by atoms with van der Waals surface area (Å²) in [6.45, 7) is 2.60. The summed E-state index contributed by atoms with van der Waals surface area (Å²) >= 11 is 1.73. The van der Waals surface area contributed by atoms with Crippen molar-refractivity contribution in [3.63, 3.8) is 0 Å². The topological polar surface area (TPSA) is 47.3 Å². The first kappa shape index (κ1) is 12.6. The molecule has 3 nitrogen and oxygen atoms in total. The molecule has 0 saturated heterocycles. The summed E-state index contributed by atoms with van der Waals surface area (Å²) in [5.74, 6) is 0. The number of hydrogen-bond acceptors (Lipinski definition) is 4. The maximum absolute atomic E-state index is 5.94. The fourth-order valence-electron chi connectivity index (χ4n) is 1.39. The number of ether oxygens (including phenoxy) is 1. The summed E-state index contributed by atoms with van der Waals surface area (Å²) in [6, 6.07) is 2.37. The van der Waals surface area contributed by atoms with Crippen molar-refractivity contribution in [2.24, 2.45) is 5.73 Å². The Morgan fingerprint density at radius 1 is 1.60 bits per heavy atom. The SMILES string of the molecule is COCCCC(N)CNCc1ccsc1. The Balaban J connectivity index is 1.99. The Morgan fingerprint density at radius 3 is 3.13 bits per heavy atom. The van der Waals surface area contributed by atoms with Crippen molar-refractivity contribution in [1.29, 1.82) is 0 Å². The molecule has 1 aromatic heterocycles. The second kappa shape index (κ2) is 7.82. The van der Waals surface area contributed by atoms with Crippen molar-refractivity contribution in [2.75, 3.05) is 20.3 Å². The average Bonchev–Trinajstić information content (AvgIpc) is 2.71. The zero-order valence-electron chi connectivity index (χ0n) is 9.24. The standard InChI is InChI=1S/C11H20N2OS/c1-14-5-2-3-11(12)8-13-7-10-4-6-15-9-10/h4,6,9,11,13H,2-3,5,7-8,12H2,1H3. The van der Waals surface area contributed by atoms with Gasteiger partial charge in [-0.3, -0.25) is 0 Å². The Labute approximate surface area is 95.6 Å². The highest BCUT2D eigenvalue weighted by atomic mass is 32.1. The monoisotopic (exact) mass is 228 g/mol. The number of methoxy groups -OCH3 is 1.